The molecule has 3 rings (SSSR count). The Hall–Kier alpha value is -2.26. The van der Waals surface area contributed by atoms with Crippen LogP contribution < -0.4 is 5.32 Å². The number of carbonyl (C=O) groups is 1. The number of piperidine rings is 1. The number of pyridine rings is 1. The van der Waals surface area contributed by atoms with Crippen molar-refractivity contribution in [1.29, 1.82) is 0 Å². The van der Waals surface area contributed by atoms with E-state index in [-0.39, 0.29) is 23.6 Å². The zero-order chi connectivity index (χ0) is 21.9. The lowest BCUT2D eigenvalue weighted by atomic mass is 9.92. The molecular formula is C21H31N5O3S. The Balaban J connectivity index is 1.83. The smallest absolute Gasteiger partial charge is 0.229 e. The molecule has 0 aliphatic carbocycles. The van der Waals surface area contributed by atoms with Crippen LogP contribution in [-0.2, 0) is 20.2 Å². The fraction of sp³-hybridized carbons (Fsp3) is 0.571. The van der Waals surface area contributed by atoms with E-state index < -0.39 is 15.9 Å². The Morgan fingerprint density at radius 2 is 2.07 bits per heavy atom. The van der Waals surface area contributed by atoms with Crippen molar-refractivity contribution in [3.8, 4) is 5.82 Å². The standard InChI is InChI=1S/C21H31N5O3S/c1-5-13-30(28,29)25-12-8-9-16(15-25)20(27)23-19-14-17(21(2,3)4)24-26(19)18-10-6-7-11-22-18/h6-7,10-11,14,16H,5,8-9,12-13,15H2,1-4H3,(H,23,27). The first-order valence-corrected chi connectivity index (χ1v) is 12.0. The molecule has 1 fully saturated rings. The van der Waals surface area contributed by atoms with Crippen LogP contribution in [-0.4, -0.2) is 52.2 Å². The van der Waals surface area contributed by atoms with Gasteiger partial charge < -0.3 is 5.32 Å². The molecule has 1 saturated heterocycles. The van der Waals surface area contributed by atoms with E-state index >= 15 is 0 Å². The second-order valence-corrected chi connectivity index (χ2v) is 10.9. The fourth-order valence-electron chi connectivity index (χ4n) is 3.51. The average molecular weight is 434 g/mol. The van der Waals surface area contributed by atoms with Gasteiger partial charge >= 0.3 is 0 Å². The van der Waals surface area contributed by atoms with Gasteiger partial charge in [-0.3, -0.25) is 4.79 Å². The summed E-state index contributed by atoms with van der Waals surface area (Å²) in [4.78, 5) is 17.4. The second kappa shape index (κ2) is 8.85. The number of anilines is 1. The van der Waals surface area contributed by atoms with Gasteiger partial charge in [0.15, 0.2) is 5.82 Å². The van der Waals surface area contributed by atoms with E-state index in [1.807, 2.05) is 31.2 Å². The van der Waals surface area contributed by atoms with Crippen molar-refractivity contribution in [3.63, 3.8) is 0 Å². The van der Waals surface area contributed by atoms with Gasteiger partial charge in [0.1, 0.15) is 5.82 Å². The molecule has 8 nitrogen and oxygen atoms in total. The number of aromatic nitrogens is 3. The summed E-state index contributed by atoms with van der Waals surface area (Å²) in [5, 5.41) is 7.64. The molecule has 0 aromatic carbocycles. The van der Waals surface area contributed by atoms with Crippen LogP contribution in [0.15, 0.2) is 30.5 Å². The highest BCUT2D eigenvalue weighted by Gasteiger charge is 2.32. The lowest BCUT2D eigenvalue weighted by Gasteiger charge is -2.31. The SMILES string of the molecule is CCCS(=O)(=O)N1CCCC(C(=O)Nc2cc(C(C)(C)C)nn2-c2ccccn2)C1. The van der Waals surface area contributed by atoms with Crippen molar-refractivity contribution in [2.24, 2.45) is 5.92 Å². The number of carbonyl (C=O) groups excluding carboxylic acids is 1. The Bertz CT molecular complexity index is 980. The topological polar surface area (TPSA) is 97.2 Å². The highest BCUT2D eigenvalue weighted by Crippen LogP contribution is 2.27. The monoisotopic (exact) mass is 433 g/mol. The first kappa shape index (κ1) is 22.4. The third-order valence-electron chi connectivity index (χ3n) is 5.21. The molecular weight excluding hydrogens is 402 g/mol. The second-order valence-electron chi connectivity index (χ2n) is 8.77. The van der Waals surface area contributed by atoms with Gasteiger partial charge in [-0.2, -0.15) is 9.78 Å². The van der Waals surface area contributed by atoms with E-state index in [2.05, 4.69) is 36.2 Å². The molecule has 2 aromatic heterocycles. The molecule has 3 heterocycles. The van der Waals surface area contributed by atoms with Crippen molar-refractivity contribution < 1.29 is 13.2 Å². The first-order chi connectivity index (χ1) is 14.1. The molecule has 1 atom stereocenters. The third kappa shape index (κ3) is 5.07. The molecule has 1 aliphatic heterocycles. The van der Waals surface area contributed by atoms with Gasteiger partial charge in [-0.25, -0.2) is 17.7 Å². The molecule has 1 amide bonds. The summed E-state index contributed by atoms with van der Waals surface area (Å²) in [6.07, 6.45) is 3.58. The molecule has 0 radical (unpaired) electrons. The summed E-state index contributed by atoms with van der Waals surface area (Å²) < 4.78 is 28.0. The number of nitrogens with zero attached hydrogens (tertiary/aromatic N) is 4. The van der Waals surface area contributed by atoms with E-state index in [0.29, 0.717) is 37.4 Å². The van der Waals surface area contributed by atoms with Crippen LogP contribution in [0.5, 0.6) is 0 Å². The molecule has 0 spiro atoms. The Morgan fingerprint density at radius 1 is 1.30 bits per heavy atom. The van der Waals surface area contributed by atoms with Crippen LogP contribution in [0.2, 0.25) is 0 Å². The minimum Gasteiger partial charge on any atom is -0.310 e. The maximum atomic E-state index is 13.0. The third-order valence-corrected chi connectivity index (χ3v) is 7.25. The number of hydrogen-bond acceptors (Lipinski definition) is 5. The molecule has 9 heteroatoms. The zero-order valence-electron chi connectivity index (χ0n) is 18.1. The molecule has 1 N–H and O–H groups in total. The maximum Gasteiger partial charge on any atom is 0.229 e. The molecule has 1 aliphatic rings. The zero-order valence-corrected chi connectivity index (χ0v) is 18.9. The normalized spacial score (nSPS) is 18.3. The van der Waals surface area contributed by atoms with Crippen LogP contribution in [0.25, 0.3) is 5.82 Å². The number of rotatable bonds is 6. The molecule has 2 aromatic rings. The minimum atomic E-state index is -3.31. The van der Waals surface area contributed by atoms with E-state index in [9.17, 15) is 13.2 Å². The Labute approximate surface area is 178 Å². The number of amides is 1. The maximum absolute atomic E-state index is 13.0. The van der Waals surface area contributed by atoms with Gasteiger partial charge in [-0.05, 0) is 31.4 Å². The molecule has 0 bridgehead atoms. The van der Waals surface area contributed by atoms with Crippen molar-refractivity contribution >= 4 is 21.7 Å². The van der Waals surface area contributed by atoms with E-state index in [0.717, 1.165) is 5.69 Å². The molecule has 164 valence electrons. The van der Waals surface area contributed by atoms with Crippen molar-refractivity contribution in [1.82, 2.24) is 19.1 Å². The predicted molar refractivity (Wildman–Crippen MR) is 117 cm³/mol. The van der Waals surface area contributed by atoms with Crippen molar-refractivity contribution in [3.05, 3.63) is 36.2 Å². The van der Waals surface area contributed by atoms with Crippen LogP contribution in [0, 0.1) is 5.92 Å². The van der Waals surface area contributed by atoms with Gasteiger partial charge in [0.05, 0.1) is 17.4 Å². The summed E-state index contributed by atoms with van der Waals surface area (Å²) in [6, 6.07) is 7.38. The predicted octanol–water partition coefficient (Wildman–Crippen LogP) is 2.96. The highest BCUT2D eigenvalue weighted by atomic mass is 32.2. The first-order valence-electron chi connectivity index (χ1n) is 10.4. The largest absolute Gasteiger partial charge is 0.310 e. The van der Waals surface area contributed by atoms with Crippen molar-refractivity contribution in [2.75, 3.05) is 24.2 Å². The highest BCUT2D eigenvalue weighted by molar-refractivity contribution is 7.89. The van der Waals surface area contributed by atoms with Gasteiger partial charge in [-0.15, -0.1) is 0 Å². The summed E-state index contributed by atoms with van der Waals surface area (Å²) in [5.74, 6) is 0.679. The van der Waals surface area contributed by atoms with Crippen LogP contribution in [0.1, 0.15) is 52.7 Å². The quantitative estimate of drug-likeness (QED) is 0.755. The summed E-state index contributed by atoms with van der Waals surface area (Å²) in [5.41, 5.74) is 0.634. The summed E-state index contributed by atoms with van der Waals surface area (Å²) >= 11 is 0. The number of hydrogen-bond donors (Lipinski definition) is 1. The van der Waals surface area contributed by atoms with Crippen LogP contribution >= 0.6 is 0 Å². The lowest BCUT2D eigenvalue weighted by Crippen LogP contribution is -2.44. The van der Waals surface area contributed by atoms with Gasteiger partial charge in [-0.1, -0.05) is 33.8 Å². The Kier molecular flexibility index (Phi) is 6.62. The van der Waals surface area contributed by atoms with Gasteiger partial charge in [0, 0.05) is 30.8 Å². The van der Waals surface area contributed by atoms with E-state index in [1.54, 1.807) is 10.9 Å². The van der Waals surface area contributed by atoms with Crippen LogP contribution in [0.3, 0.4) is 0 Å². The van der Waals surface area contributed by atoms with E-state index in [1.165, 1.54) is 4.31 Å². The minimum absolute atomic E-state index is 0.114. The number of nitrogens with one attached hydrogen (secondary N) is 1. The average Bonchev–Trinajstić information content (AvgIpc) is 3.13. The number of sulfonamides is 1. The van der Waals surface area contributed by atoms with Gasteiger partial charge in [0.2, 0.25) is 15.9 Å². The molecule has 1 unspecified atom stereocenters. The fourth-order valence-corrected chi connectivity index (χ4v) is 5.10. The lowest BCUT2D eigenvalue weighted by molar-refractivity contribution is -0.120. The summed E-state index contributed by atoms with van der Waals surface area (Å²) in [7, 11) is -3.31. The van der Waals surface area contributed by atoms with Gasteiger partial charge in [0.25, 0.3) is 0 Å². The van der Waals surface area contributed by atoms with E-state index in [4.69, 9.17) is 0 Å². The Morgan fingerprint density at radius 3 is 2.70 bits per heavy atom. The van der Waals surface area contributed by atoms with Crippen LogP contribution in [0.4, 0.5) is 5.82 Å². The molecule has 30 heavy (non-hydrogen) atoms. The van der Waals surface area contributed by atoms with Crippen molar-refractivity contribution in [2.45, 2.75) is 52.4 Å². The summed E-state index contributed by atoms with van der Waals surface area (Å²) in [6.45, 7) is 8.71. The molecule has 0 saturated carbocycles.